The molecule has 1 amide bonds. The first-order valence-electron chi connectivity index (χ1n) is 23.2. The second kappa shape index (κ2) is 23.2. The van der Waals surface area contributed by atoms with E-state index in [1.54, 1.807) is 37.3 Å². The Labute approximate surface area is 400 Å². The van der Waals surface area contributed by atoms with Crippen molar-refractivity contribution in [2.45, 2.75) is 133 Å². The van der Waals surface area contributed by atoms with Crippen LogP contribution in [0.4, 0.5) is 4.79 Å². The predicted octanol–water partition coefficient (Wildman–Crippen LogP) is 5.84. The van der Waals surface area contributed by atoms with Gasteiger partial charge in [0.25, 0.3) is 0 Å². The highest BCUT2D eigenvalue weighted by Crippen LogP contribution is 2.40. The number of rotatable bonds is 18. The van der Waals surface area contributed by atoms with Gasteiger partial charge in [0.1, 0.15) is 30.5 Å². The fourth-order valence-electron chi connectivity index (χ4n) is 9.18. The van der Waals surface area contributed by atoms with Crippen LogP contribution in [0.2, 0.25) is 0 Å². The summed E-state index contributed by atoms with van der Waals surface area (Å²) in [6.45, 7) is 5.71. The van der Waals surface area contributed by atoms with Gasteiger partial charge in [0.05, 0.1) is 57.9 Å². The molecular weight excluding hydrogens is 895 g/mol. The molecule has 4 heterocycles. The molecule has 17 heteroatoms. The molecule has 6 unspecified atom stereocenters. The average Bonchev–Trinajstić information content (AvgIpc) is 3.79. The maximum atomic E-state index is 13.6. The van der Waals surface area contributed by atoms with Crippen LogP contribution >= 0.6 is 0 Å². The van der Waals surface area contributed by atoms with Crippen molar-refractivity contribution >= 4 is 24.0 Å². The third kappa shape index (κ3) is 11.6. The Morgan fingerprint density at radius 1 is 0.565 bits per heavy atom. The average molecular weight is 954 g/mol. The van der Waals surface area contributed by atoms with Crippen LogP contribution in [-0.2, 0) is 86.3 Å². The molecule has 4 saturated heterocycles. The summed E-state index contributed by atoms with van der Waals surface area (Å²) in [7, 11) is 2.49. The maximum Gasteiger partial charge on any atom is 0.408 e. The molecule has 4 aromatic rings. The molecule has 17 nitrogen and oxygen atoms in total. The minimum absolute atomic E-state index is 0.0342. The van der Waals surface area contributed by atoms with E-state index in [9.17, 15) is 19.2 Å². The number of alkyl carbamates (subject to hydrolysis) is 1. The fraction of sp³-hybridized carbons (Fsp3) is 0.462. The zero-order valence-electron chi connectivity index (χ0n) is 39.1. The Balaban J connectivity index is 1.10. The molecule has 0 saturated carbocycles. The standard InChI is InChI=1S/C52H59NO16/c1-6-36-41(67-51-46(62-29-34-23-15-9-16-24-34)38(30(2)39(66-51)48(55)58-4)60-27-32-19-11-7-12-20-32)42-37(53-52(57)69-42)50(64-36)68-44-43(61-28-33-21-13-8-14-22-33)40(31(3)63-45(44)49(56)59-5)65-47(54)35-25-17-10-18-26-35/h7-26,30-31,36-46,50-51H,6,27-29H2,1-5H3,(H,53,57)/t30-,31+,36?,37?,38+,39?,40?,41+,42-,43+,44-,45?,46?,50+,51+/m1/s1. The Kier molecular flexibility index (Phi) is 16.7. The molecule has 8 rings (SSSR count). The number of amides is 1. The largest absolute Gasteiger partial charge is 0.467 e. The lowest BCUT2D eigenvalue weighted by Gasteiger charge is -2.49. The highest BCUT2D eigenvalue weighted by molar-refractivity contribution is 5.89. The van der Waals surface area contributed by atoms with Crippen molar-refractivity contribution in [2.75, 3.05) is 14.2 Å². The highest BCUT2D eigenvalue weighted by atomic mass is 16.8. The van der Waals surface area contributed by atoms with Gasteiger partial charge < -0.3 is 62.2 Å². The minimum atomic E-state index is -1.41. The molecule has 0 spiro atoms. The third-order valence-corrected chi connectivity index (χ3v) is 12.8. The van der Waals surface area contributed by atoms with Gasteiger partial charge in [-0.2, -0.15) is 0 Å². The Bertz CT molecular complexity index is 2290. The number of hydrogen-bond acceptors (Lipinski definition) is 16. The SMILES string of the molecule is CCC1O[C@@H](O[C@H]2C(C(=O)OC)O[C@@H](C)C(OC(=O)c3ccccc3)[C@@H]2OCc2ccccc2)C2NC(=O)O[C@H]2[C@H]1O[C@@H]1OC(C(=O)OC)[C@H](C)[C@H](OCc2ccccc2)C1OCc1ccccc1. The van der Waals surface area contributed by atoms with Crippen LogP contribution in [0.15, 0.2) is 121 Å². The third-order valence-electron chi connectivity index (χ3n) is 12.8. The summed E-state index contributed by atoms with van der Waals surface area (Å²) in [4.78, 5) is 54.1. The normalized spacial score (nSPS) is 31.9. The summed E-state index contributed by atoms with van der Waals surface area (Å²) in [5, 5.41) is 2.81. The lowest BCUT2D eigenvalue weighted by atomic mass is 9.89. The van der Waals surface area contributed by atoms with Gasteiger partial charge in [-0.1, -0.05) is 123 Å². The number of carbonyl (C=O) groups excluding carboxylic acids is 4. The molecule has 0 radical (unpaired) electrons. The minimum Gasteiger partial charge on any atom is -0.467 e. The van der Waals surface area contributed by atoms with Crippen LogP contribution in [-0.4, -0.2) is 124 Å². The molecule has 0 bridgehead atoms. The molecule has 4 aromatic carbocycles. The number of fused-ring (bicyclic) bond motifs is 1. The van der Waals surface area contributed by atoms with Gasteiger partial charge in [0, 0.05) is 5.92 Å². The molecule has 69 heavy (non-hydrogen) atoms. The van der Waals surface area contributed by atoms with Crippen LogP contribution in [0.3, 0.4) is 0 Å². The molecule has 4 aliphatic rings. The quantitative estimate of drug-likeness (QED) is 0.0923. The summed E-state index contributed by atoms with van der Waals surface area (Å²) in [6, 6.07) is 35.8. The maximum absolute atomic E-state index is 13.6. The smallest absolute Gasteiger partial charge is 0.408 e. The first-order valence-corrected chi connectivity index (χ1v) is 23.2. The number of methoxy groups -OCH3 is 2. The number of hydrogen-bond donors (Lipinski definition) is 1. The first kappa shape index (κ1) is 49.7. The summed E-state index contributed by atoms with van der Waals surface area (Å²) >= 11 is 0. The monoisotopic (exact) mass is 953 g/mol. The molecule has 15 atom stereocenters. The van der Waals surface area contributed by atoms with E-state index in [-0.39, 0.29) is 25.4 Å². The number of carbonyl (C=O) groups is 4. The fourth-order valence-corrected chi connectivity index (χ4v) is 9.18. The van der Waals surface area contributed by atoms with Gasteiger partial charge in [-0.15, -0.1) is 0 Å². The Morgan fingerprint density at radius 2 is 1.07 bits per heavy atom. The van der Waals surface area contributed by atoms with Crippen molar-refractivity contribution in [3.8, 4) is 0 Å². The van der Waals surface area contributed by atoms with E-state index in [2.05, 4.69) is 5.32 Å². The van der Waals surface area contributed by atoms with Gasteiger partial charge in [-0.05, 0) is 42.2 Å². The van der Waals surface area contributed by atoms with E-state index in [0.717, 1.165) is 16.7 Å². The molecule has 0 aromatic heterocycles. The number of nitrogens with one attached hydrogen (secondary N) is 1. The molecule has 0 aliphatic carbocycles. The lowest BCUT2D eigenvalue weighted by molar-refractivity contribution is -0.352. The van der Waals surface area contributed by atoms with Gasteiger partial charge in [0.2, 0.25) is 0 Å². The Morgan fingerprint density at radius 3 is 1.62 bits per heavy atom. The molecule has 4 aliphatic heterocycles. The van der Waals surface area contributed by atoms with E-state index in [4.69, 9.17) is 56.8 Å². The molecule has 1 N–H and O–H groups in total. The van der Waals surface area contributed by atoms with Crippen molar-refractivity contribution in [2.24, 2.45) is 5.92 Å². The lowest BCUT2D eigenvalue weighted by Crippen LogP contribution is -2.67. The van der Waals surface area contributed by atoms with Gasteiger partial charge in [0.15, 0.2) is 37.0 Å². The van der Waals surface area contributed by atoms with E-state index >= 15 is 0 Å². The number of esters is 3. The molecular formula is C52H59NO16. The zero-order chi connectivity index (χ0) is 48.4. The van der Waals surface area contributed by atoms with Crippen molar-refractivity contribution in [3.63, 3.8) is 0 Å². The van der Waals surface area contributed by atoms with Crippen molar-refractivity contribution in [1.29, 1.82) is 0 Å². The second-order valence-corrected chi connectivity index (χ2v) is 17.3. The second-order valence-electron chi connectivity index (χ2n) is 17.3. The Hall–Kier alpha value is -5.76. The first-order chi connectivity index (χ1) is 33.6. The van der Waals surface area contributed by atoms with Gasteiger partial charge in [-0.3, -0.25) is 0 Å². The van der Waals surface area contributed by atoms with E-state index in [1.807, 2.05) is 105 Å². The van der Waals surface area contributed by atoms with Gasteiger partial charge >= 0.3 is 24.0 Å². The zero-order valence-corrected chi connectivity index (χ0v) is 39.1. The summed E-state index contributed by atoms with van der Waals surface area (Å²) in [5.74, 6) is -2.64. The van der Waals surface area contributed by atoms with Crippen LogP contribution in [0.5, 0.6) is 0 Å². The summed E-state index contributed by atoms with van der Waals surface area (Å²) in [6.07, 6.45) is -14.8. The van der Waals surface area contributed by atoms with E-state index in [0.29, 0.717) is 6.42 Å². The predicted molar refractivity (Wildman–Crippen MR) is 243 cm³/mol. The van der Waals surface area contributed by atoms with Crippen molar-refractivity contribution in [1.82, 2.24) is 5.32 Å². The summed E-state index contributed by atoms with van der Waals surface area (Å²) in [5.41, 5.74) is 2.85. The topological polar surface area (TPSA) is 191 Å². The molecule has 4 fully saturated rings. The van der Waals surface area contributed by atoms with Gasteiger partial charge in [-0.25, -0.2) is 19.2 Å². The van der Waals surface area contributed by atoms with Crippen LogP contribution in [0.1, 0.15) is 54.2 Å². The number of ether oxygens (including phenoxy) is 12. The van der Waals surface area contributed by atoms with Crippen LogP contribution < -0.4 is 5.32 Å². The summed E-state index contributed by atoms with van der Waals surface area (Å²) < 4.78 is 75.5. The van der Waals surface area contributed by atoms with Crippen molar-refractivity contribution in [3.05, 3.63) is 144 Å². The van der Waals surface area contributed by atoms with Crippen LogP contribution in [0, 0.1) is 5.92 Å². The van der Waals surface area contributed by atoms with Crippen LogP contribution in [0.25, 0.3) is 0 Å². The van der Waals surface area contributed by atoms with E-state index < -0.39 is 116 Å². The molecule has 368 valence electrons. The van der Waals surface area contributed by atoms with E-state index in [1.165, 1.54) is 14.2 Å². The van der Waals surface area contributed by atoms with Crippen molar-refractivity contribution < 1.29 is 76.0 Å². The highest BCUT2D eigenvalue weighted by Gasteiger charge is 2.59. The number of benzene rings is 4.